The van der Waals surface area contributed by atoms with Crippen molar-refractivity contribution in [2.24, 2.45) is 0 Å². The monoisotopic (exact) mass is 316 g/mol. The summed E-state index contributed by atoms with van der Waals surface area (Å²) >= 11 is 3.44. The molecule has 0 unspecified atom stereocenters. The minimum absolute atomic E-state index is 0.601. The lowest BCUT2D eigenvalue weighted by Gasteiger charge is -2.10. The van der Waals surface area contributed by atoms with Crippen LogP contribution in [0.1, 0.15) is 11.1 Å². The summed E-state index contributed by atoms with van der Waals surface area (Å²) in [6.07, 6.45) is 0. The predicted molar refractivity (Wildman–Crippen MR) is 79.2 cm³/mol. The van der Waals surface area contributed by atoms with E-state index in [0.29, 0.717) is 12.1 Å². The standard InChI is InChI=1S/C15H13BrN2O/c1-19-15-7-13(16)6-14(8-15)18-10-12-5-3-2-4-11(12)9-17/h2-8,18H,10H2,1H3. The highest BCUT2D eigenvalue weighted by Crippen LogP contribution is 2.25. The van der Waals surface area contributed by atoms with Gasteiger partial charge in [-0.15, -0.1) is 0 Å². The van der Waals surface area contributed by atoms with Gasteiger partial charge in [-0.05, 0) is 23.8 Å². The van der Waals surface area contributed by atoms with Crippen LogP contribution >= 0.6 is 15.9 Å². The fourth-order valence-corrected chi connectivity index (χ4v) is 2.24. The molecule has 0 aromatic heterocycles. The Labute approximate surface area is 121 Å². The number of rotatable bonds is 4. The molecule has 0 spiro atoms. The zero-order valence-electron chi connectivity index (χ0n) is 10.5. The van der Waals surface area contributed by atoms with Crippen molar-refractivity contribution >= 4 is 21.6 Å². The van der Waals surface area contributed by atoms with Crippen LogP contribution in [0.4, 0.5) is 5.69 Å². The molecule has 2 aromatic carbocycles. The van der Waals surface area contributed by atoms with Crippen molar-refractivity contribution in [1.82, 2.24) is 0 Å². The molecule has 0 saturated heterocycles. The number of anilines is 1. The summed E-state index contributed by atoms with van der Waals surface area (Å²) in [6, 6.07) is 15.5. The lowest BCUT2D eigenvalue weighted by molar-refractivity contribution is 0.414. The summed E-state index contributed by atoms with van der Waals surface area (Å²) < 4.78 is 6.16. The molecule has 4 heteroatoms. The van der Waals surface area contributed by atoms with Gasteiger partial charge in [0.2, 0.25) is 0 Å². The van der Waals surface area contributed by atoms with Crippen LogP contribution in [0.5, 0.6) is 5.75 Å². The van der Waals surface area contributed by atoms with Gasteiger partial charge in [-0.3, -0.25) is 0 Å². The number of benzene rings is 2. The summed E-state index contributed by atoms with van der Waals surface area (Å²) in [5, 5.41) is 12.3. The van der Waals surface area contributed by atoms with Gasteiger partial charge in [-0.2, -0.15) is 5.26 Å². The van der Waals surface area contributed by atoms with Crippen molar-refractivity contribution in [3.8, 4) is 11.8 Å². The average Bonchev–Trinajstić information content (AvgIpc) is 2.44. The number of ether oxygens (including phenoxy) is 1. The second-order valence-corrected chi connectivity index (χ2v) is 4.92. The largest absolute Gasteiger partial charge is 0.497 e. The van der Waals surface area contributed by atoms with Gasteiger partial charge in [0.15, 0.2) is 0 Å². The Morgan fingerprint density at radius 1 is 1.26 bits per heavy atom. The minimum atomic E-state index is 0.601. The van der Waals surface area contributed by atoms with E-state index in [1.54, 1.807) is 7.11 Å². The molecule has 0 fully saturated rings. The molecule has 0 bridgehead atoms. The molecule has 0 atom stereocenters. The van der Waals surface area contributed by atoms with Crippen molar-refractivity contribution in [3.63, 3.8) is 0 Å². The molecular formula is C15H13BrN2O. The maximum Gasteiger partial charge on any atom is 0.122 e. The summed E-state index contributed by atoms with van der Waals surface area (Å²) in [4.78, 5) is 0. The molecule has 0 amide bonds. The van der Waals surface area contributed by atoms with Crippen LogP contribution < -0.4 is 10.1 Å². The fraction of sp³-hybridized carbons (Fsp3) is 0.133. The van der Waals surface area contributed by atoms with Crippen molar-refractivity contribution in [2.75, 3.05) is 12.4 Å². The Bertz CT molecular complexity index is 620. The number of methoxy groups -OCH3 is 1. The van der Waals surface area contributed by atoms with Gasteiger partial charge in [-0.1, -0.05) is 34.1 Å². The zero-order chi connectivity index (χ0) is 13.7. The van der Waals surface area contributed by atoms with Crippen LogP contribution in [-0.2, 0) is 6.54 Å². The first-order chi connectivity index (χ1) is 9.22. The smallest absolute Gasteiger partial charge is 0.122 e. The van der Waals surface area contributed by atoms with Crippen LogP contribution in [-0.4, -0.2) is 7.11 Å². The highest BCUT2D eigenvalue weighted by atomic mass is 79.9. The van der Waals surface area contributed by atoms with E-state index >= 15 is 0 Å². The molecular weight excluding hydrogens is 304 g/mol. The number of hydrogen-bond donors (Lipinski definition) is 1. The number of nitrogens with zero attached hydrogens (tertiary/aromatic N) is 1. The van der Waals surface area contributed by atoms with E-state index in [1.165, 1.54) is 0 Å². The quantitative estimate of drug-likeness (QED) is 0.929. The Morgan fingerprint density at radius 3 is 2.79 bits per heavy atom. The molecule has 0 aliphatic carbocycles. The van der Waals surface area contributed by atoms with E-state index in [4.69, 9.17) is 10.00 Å². The van der Waals surface area contributed by atoms with Gasteiger partial charge < -0.3 is 10.1 Å². The van der Waals surface area contributed by atoms with Gasteiger partial charge >= 0.3 is 0 Å². The number of hydrogen-bond acceptors (Lipinski definition) is 3. The van der Waals surface area contributed by atoms with E-state index in [-0.39, 0.29) is 0 Å². The lowest BCUT2D eigenvalue weighted by Crippen LogP contribution is -2.01. The van der Waals surface area contributed by atoms with Crippen LogP contribution in [0.2, 0.25) is 0 Å². The summed E-state index contributed by atoms with van der Waals surface area (Å²) in [5.41, 5.74) is 2.61. The third-order valence-corrected chi connectivity index (χ3v) is 3.19. The topological polar surface area (TPSA) is 45.0 Å². The highest BCUT2D eigenvalue weighted by molar-refractivity contribution is 9.10. The maximum atomic E-state index is 9.04. The molecule has 0 aliphatic rings. The number of nitrogens with one attached hydrogen (secondary N) is 1. The van der Waals surface area contributed by atoms with Crippen molar-refractivity contribution in [1.29, 1.82) is 5.26 Å². The summed E-state index contributed by atoms with van der Waals surface area (Å²) in [6.45, 7) is 0.601. The van der Waals surface area contributed by atoms with Crippen molar-refractivity contribution in [3.05, 3.63) is 58.1 Å². The molecule has 2 rings (SSSR count). The van der Waals surface area contributed by atoms with Gasteiger partial charge in [0.1, 0.15) is 5.75 Å². The van der Waals surface area contributed by atoms with E-state index in [1.807, 2.05) is 42.5 Å². The first-order valence-electron chi connectivity index (χ1n) is 5.79. The molecule has 2 aromatic rings. The number of halogens is 1. The Morgan fingerprint density at radius 2 is 2.05 bits per heavy atom. The normalized spacial score (nSPS) is 9.74. The zero-order valence-corrected chi connectivity index (χ0v) is 12.1. The van der Waals surface area contributed by atoms with E-state index in [0.717, 1.165) is 21.5 Å². The molecule has 0 saturated carbocycles. The van der Waals surface area contributed by atoms with Crippen molar-refractivity contribution < 1.29 is 4.74 Å². The first-order valence-corrected chi connectivity index (χ1v) is 6.58. The molecule has 0 aliphatic heterocycles. The number of nitriles is 1. The molecule has 19 heavy (non-hydrogen) atoms. The van der Waals surface area contributed by atoms with Crippen LogP contribution in [0.25, 0.3) is 0 Å². The predicted octanol–water partition coefficient (Wildman–Crippen LogP) is 3.94. The fourth-order valence-electron chi connectivity index (χ4n) is 1.76. The second kappa shape index (κ2) is 6.26. The lowest BCUT2D eigenvalue weighted by atomic mass is 10.1. The van der Waals surface area contributed by atoms with Crippen LogP contribution in [0.3, 0.4) is 0 Å². The van der Waals surface area contributed by atoms with Gasteiger partial charge in [-0.25, -0.2) is 0 Å². The molecule has 96 valence electrons. The van der Waals surface area contributed by atoms with E-state index < -0.39 is 0 Å². The second-order valence-electron chi connectivity index (χ2n) is 4.00. The highest BCUT2D eigenvalue weighted by Gasteiger charge is 2.02. The SMILES string of the molecule is COc1cc(Br)cc(NCc2ccccc2C#N)c1. The van der Waals surface area contributed by atoms with Gasteiger partial charge in [0.25, 0.3) is 0 Å². The third kappa shape index (κ3) is 3.49. The van der Waals surface area contributed by atoms with Crippen LogP contribution in [0.15, 0.2) is 46.9 Å². The Kier molecular flexibility index (Phi) is 4.43. The van der Waals surface area contributed by atoms with Crippen molar-refractivity contribution in [2.45, 2.75) is 6.54 Å². The molecule has 3 nitrogen and oxygen atoms in total. The third-order valence-electron chi connectivity index (χ3n) is 2.73. The first kappa shape index (κ1) is 13.4. The molecule has 0 radical (unpaired) electrons. The maximum absolute atomic E-state index is 9.04. The van der Waals surface area contributed by atoms with Gasteiger partial charge in [0.05, 0.1) is 18.7 Å². The van der Waals surface area contributed by atoms with E-state index in [9.17, 15) is 0 Å². The molecule has 1 N–H and O–H groups in total. The Balaban J connectivity index is 2.15. The summed E-state index contributed by atoms with van der Waals surface area (Å²) in [7, 11) is 1.64. The molecule has 0 heterocycles. The Hall–Kier alpha value is -1.99. The minimum Gasteiger partial charge on any atom is -0.497 e. The average molecular weight is 317 g/mol. The van der Waals surface area contributed by atoms with Crippen LogP contribution in [0, 0.1) is 11.3 Å². The summed E-state index contributed by atoms with van der Waals surface area (Å²) in [5.74, 6) is 0.783. The van der Waals surface area contributed by atoms with E-state index in [2.05, 4.69) is 27.3 Å². The van der Waals surface area contributed by atoms with Gasteiger partial charge in [0, 0.05) is 22.8 Å².